The first kappa shape index (κ1) is 12.1. The molecular formula is C11H18N4O2. The first-order chi connectivity index (χ1) is 8.31. The second-order valence-electron chi connectivity index (χ2n) is 4.01. The maximum absolute atomic E-state index is 5.73. The minimum Gasteiger partial charge on any atom is -0.472 e. The monoisotopic (exact) mass is 238 g/mol. The fraction of sp³-hybridized carbons (Fsp3) is 0.636. The van der Waals surface area contributed by atoms with Crippen molar-refractivity contribution in [3.8, 4) is 5.88 Å². The molecule has 6 nitrogen and oxygen atoms in total. The highest BCUT2D eigenvalue weighted by Gasteiger charge is 2.18. The van der Waals surface area contributed by atoms with Crippen molar-refractivity contribution in [3.63, 3.8) is 0 Å². The number of rotatable bonds is 5. The predicted octanol–water partition coefficient (Wildman–Crippen LogP) is 0.882. The van der Waals surface area contributed by atoms with Gasteiger partial charge in [0.15, 0.2) is 0 Å². The van der Waals surface area contributed by atoms with E-state index in [2.05, 4.69) is 22.3 Å². The lowest BCUT2D eigenvalue weighted by Gasteiger charge is -2.12. The molecule has 1 unspecified atom stereocenters. The molecule has 17 heavy (non-hydrogen) atoms. The molecule has 0 radical (unpaired) electrons. The van der Waals surface area contributed by atoms with Crippen LogP contribution in [0, 0.1) is 0 Å². The lowest BCUT2D eigenvalue weighted by Crippen LogP contribution is -2.18. The van der Waals surface area contributed by atoms with Crippen molar-refractivity contribution in [1.29, 1.82) is 0 Å². The SMILES string of the molecule is CCCc1nc(NN)cc(OC2CCOC2)n1. The van der Waals surface area contributed by atoms with Gasteiger partial charge in [-0.15, -0.1) is 0 Å². The van der Waals surface area contributed by atoms with Gasteiger partial charge in [-0.3, -0.25) is 0 Å². The quantitative estimate of drug-likeness (QED) is 0.585. The van der Waals surface area contributed by atoms with Gasteiger partial charge in [0, 0.05) is 18.9 Å². The van der Waals surface area contributed by atoms with E-state index in [1.807, 2.05) is 0 Å². The topological polar surface area (TPSA) is 82.3 Å². The Bertz CT molecular complexity index is 366. The average Bonchev–Trinajstić information content (AvgIpc) is 2.82. The normalized spacial score (nSPS) is 19.3. The number of anilines is 1. The number of nitrogens with two attached hydrogens (primary N) is 1. The molecule has 3 N–H and O–H groups in total. The van der Waals surface area contributed by atoms with Crippen molar-refractivity contribution >= 4 is 5.82 Å². The predicted molar refractivity (Wildman–Crippen MR) is 63.7 cm³/mol. The Morgan fingerprint density at radius 1 is 1.59 bits per heavy atom. The Hall–Kier alpha value is -1.40. The van der Waals surface area contributed by atoms with Gasteiger partial charge in [0.1, 0.15) is 17.7 Å². The number of nitrogens with one attached hydrogen (secondary N) is 1. The number of ether oxygens (including phenoxy) is 2. The van der Waals surface area contributed by atoms with Crippen LogP contribution in [-0.4, -0.2) is 29.3 Å². The number of hydrazine groups is 1. The van der Waals surface area contributed by atoms with Crippen LogP contribution in [0.25, 0.3) is 0 Å². The van der Waals surface area contributed by atoms with E-state index in [1.54, 1.807) is 6.07 Å². The Balaban J connectivity index is 2.10. The molecule has 1 aromatic heterocycles. The van der Waals surface area contributed by atoms with E-state index >= 15 is 0 Å². The highest BCUT2D eigenvalue weighted by molar-refractivity contribution is 5.37. The maximum Gasteiger partial charge on any atom is 0.219 e. The molecule has 0 saturated carbocycles. The minimum atomic E-state index is 0.0880. The van der Waals surface area contributed by atoms with E-state index in [0.717, 1.165) is 31.7 Å². The third-order valence-corrected chi connectivity index (χ3v) is 2.55. The number of nitrogens with zero attached hydrogens (tertiary/aromatic N) is 2. The van der Waals surface area contributed by atoms with Crippen molar-refractivity contribution < 1.29 is 9.47 Å². The molecule has 2 heterocycles. The van der Waals surface area contributed by atoms with Crippen LogP contribution in [0.3, 0.4) is 0 Å². The summed E-state index contributed by atoms with van der Waals surface area (Å²) in [4.78, 5) is 8.61. The van der Waals surface area contributed by atoms with Gasteiger partial charge < -0.3 is 14.9 Å². The third-order valence-electron chi connectivity index (χ3n) is 2.55. The number of aryl methyl sites for hydroxylation is 1. The molecule has 0 aromatic carbocycles. The Morgan fingerprint density at radius 3 is 3.12 bits per heavy atom. The maximum atomic E-state index is 5.73. The second-order valence-corrected chi connectivity index (χ2v) is 4.01. The Morgan fingerprint density at radius 2 is 2.47 bits per heavy atom. The van der Waals surface area contributed by atoms with Crippen molar-refractivity contribution in [3.05, 3.63) is 11.9 Å². The van der Waals surface area contributed by atoms with Crippen LogP contribution >= 0.6 is 0 Å². The number of aromatic nitrogens is 2. The van der Waals surface area contributed by atoms with Crippen LogP contribution < -0.4 is 16.0 Å². The van der Waals surface area contributed by atoms with E-state index in [9.17, 15) is 0 Å². The molecule has 6 heteroatoms. The van der Waals surface area contributed by atoms with E-state index in [0.29, 0.717) is 18.3 Å². The van der Waals surface area contributed by atoms with Crippen LogP contribution in [0.15, 0.2) is 6.07 Å². The van der Waals surface area contributed by atoms with Crippen molar-refractivity contribution in [1.82, 2.24) is 9.97 Å². The molecule has 0 amide bonds. The van der Waals surface area contributed by atoms with E-state index < -0.39 is 0 Å². The van der Waals surface area contributed by atoms with E-state index in [1.165, 1.54) is 0 Å². The number of hydrogen-bond acceptors (Lipinski definition) is 6. The first-order valence-electron chi connectivity index (χ1n) is 5.90. The average molecular weight is 238 g/mol. The van der Waals surface area contributed by atoms with Crippen LogP contribution in [0.4, 0.5) is 5.82 Å². The molecular weight excluding hydrogens is 220 g/mol. The summed E-state index contributed by atoms with van der Waals surface area (Å²) in [7, 11) is 0. The summed E-state index contributed by atoms with van der Waals surface area (Å²) in [5, 5.41) is 0. The van der Waals surface area contributed by atoms with Gasteiger partial charge in [-0.25, -0.2) is 10.8 Å². The smallest absolute Gasteiger partial charge is 0.219 e. The summed E-state index contributed by atoms with van der Waals surface area (Å²) >= 11 is 0. The standard InChI is InChI=1S/C11H18N4O2/c1-2-3-9-13-10(15-12)6-11(14-9)17-8-4-5-16-7-8/h6,8H,2-5,7,12H2,1H3,(H,13,14,15). The summed E-state index contributed by atoms with van der Waals surface area (Å²) in [6, 6.07) is 1.71. The molecule has 1 aliphatic heterocycles. The molecule has 1 atom stereocenters. The molecule has 1 fully saturated rings. The van der Waals surface area contributed by atoms with Crippen molar-refractivity contribution in [2.45, 2.75) is 32.3 Å². The second kappa shape index (κ2) is 5.79. The van der Waals surface area contributed by atoms with Gasteiger partial charge in [0.05, 0.1) is 13.2 Å². The fourth-order valence-corrected chi connectivity index (χ4v) is 1.72. The van der Waals surface area contributed by atoms with Gasteiger partial charge in [0.2, 0.25) is 5.88 Å². The zero-order valence-corrected chi connectivity index (χ0v) is 9.98. The van der Waals surface area contributed by atoms with Crippen LogP contribution in [0.1, 0.15) is 25.6 Å². The van der Waals surface area contributed by atoms with Gasteiger partial charge in [-0.1, -0.05) is 6.92 Å². The van der Waals surface area contributed by atoms with Gasteiger partial charge in [0.25, 0.3) is 0 Å². The summed E-state index contributed by atoms with van der Waals surface area (Å²) < 4.78 is 11.0. The number of nitrogen functional groups attached to an aromatic ring is 1. The van der Waals surface area contributed by atoms with E-state index in [-0.39, 0.29) is 6.10 Å². The fourth-order valence-electron chi connectivity index (χ4n) is 1.72. The highest BCUT2D eigenvalue weighted by atomic mass is 16.5. The zero-order valence-electron chi connectivity index (χ0n) is 9.98. The third kappa shape index (κ3) is 3.28. The highest BCUT2D eigenvalue weighted by Crippen LogP contribution is 2.18. The zero-order chi connectivity index (χ0) is 12.1. The minimum absolute atomic E-state index is 0.0880. The summed E-state index contributed by atoms with van der Waals surface area (Å²) in [5.74, 6) is 7.26. The molecule has 94 valence electrons. The summed E-state index contributed by atoms with van der Waals surface area (Å²) in [6.45, 7) is 3.45. The molecule has 0 bridgehead atoms. The molecule has 1 aromatic rings. The summed E-state index contributed by atoms with van der Waals surface area (Å²) in [5.41, 5.74) is 2.53. The largest absolute Gasteiger partial charge is 0.472 e. The lowest BCUT2D eigenvalue weighted by molar-refractivity contribution is 0.138. The van der Waals surface area contributed by atoms with Crippen molar-refractivity contribution in [2.75, 3.05) is 18.6 Å². The molecule has 1 saturated heterocycles. The molecule has 0 aliphatic carbocycles. The van der Waals surface area contributed by atoms with Crippen LogP contribution in [-0.2, 0) is 11.2 Å². The Labute approximate surface area is 101 Å². The van der Waals surface area contributed by atoms with Gasteiger partial charge in [-0.2, -0.15) is 4.98 Å². The summed E-state index contributed by atoms with van der Waals surface area (Å²) in [6.07, 6.45) is 2.79. The van der Waals surface area contributed by atoms with Gasteiger partial charge >= 0.3 is 0 Å². The Kier molecular flexibility index (Phi) is 4.11. The molecule has 0 spiro atoms. The first-order valence-corrected chi connectivity index (χ1v) is 5.90. The van der Waals surface area contributed by atoms with Gasteiger partial charge in [-0.05, 0) is 6.42 Å². The lowest BCUT2D eigenvalue weighted by atomic mass is 10.3. The van der Waals surface area contributed by atoms with Crippen LogP contribution in [0.5, 0.6) is 5.88 Å². The number of hydrogen-bond donors (Lipinski definition) is 2. The van der Waals surface area contributed by atoms with E-state index in [4.69, 9.17) is 15.3 Å². The van der Waals surface area contributed by atoms with Crippen LogP contribution in [0.2, 0.25) is 0 Å². The molecule has 2 rings (SSSR count). The van der Waals surface area contributed by atoms with Crippen molar-refractivity contribution in [2.24, 2.45) is 5.84 Å². The molecule has 1 aliphatic rings.